The van der Waals surface area contributed by atoms with Gasteiger partial charge in [0.2, 0.25) is 0 Å². The normalized spacial score (nSPS) is 17.5. The summed E-state index contributed by atoms with van der Waals surface area (Å²) >= 11 is 1.59. The maximum atomic E-state index is 10.6. The molecule has 10 nitrogen and oxygen atoms in total. The second-order valence-corrected chi connectivity index (χ2v) is 10.3. The fourth-order valence-corrected chi connectivity index (χ4v) is 5.59. The summed E-state index contributed by atoms with van der Waals surface area (Å²) in [6.45, 7) is 0. The van der Waals surface area contributed by atoms with Crippen LogP contribution in [0, 0.1) is 0 Å². The van der Waals surface area contributed by atoms with Crippen molar-refractivity contribution in [1.29, 1.82) is 0 Å². The first-order valence-corrected chi connectivity index (χ1v) is 13.1. The number of rotatable bonds is 4. The Labute approximate surface area is 229 Å². The topological polar surface area (TPSA) is 152 Å². The highest BCUT2D eigenvalue weighted by atomic mass is 32.1. The van der Waals surface area contributed by atoms with E-state index in [9.17, 15) is 18.3 Å². The van der Waals surface area contributed by atoms with Crippen molar-refractivity contribution in [3.05, 3.63) is 42.9 Å². The second-order valence-electron chi connectivity index (χ2n) is 9.31. The van der Waals surface area contributed by atoms with Crippen molar-refractivity contribution in [3.8, 4) is 22.5 Å². The number of aliphatic carboxylic acids is 1. The Morgan fingerprint density at radius 3 is 2.60 bits per heavy atom. The molecule has 0 radical (unpaired) electrons. The summed E-state index contributed by atoms with van der Waals surface area (Å²) in [5.74, 6) is -1.66. The number of nitrogen functional groups attached to an aromatic ring is 1. The number of carboxylic acid groups (broad SMARTS) is 1. The Morgan fingerprint density at radius 2 is 1.93 bits per heavy atom. The number of fused-ring (bicyclic) bond motifs is 2. The minimum Gasteiger partial charge on any atom is -0.475 e. The summed E-state index contributed by atoms with van der Waals surface area (Å²) in [6, 6.07) is 8.36. The van der Waals surface area contributed by atoms with Crippen LogP contribution in [0.25, 0.3) is 43.6 Å². The van der Waals surface area contributed by atoms with Gasteiger partial charge in [0, 0.05) is 41.5 Å². The molecule has 0 saturated heterocycles. The molecule has 5 N–H and O–H groups in total. The van der Waals surface area contributed by atoms with Gasteiger partial charge in [0.1, 0.15) is 5.76 Å². The van der Waals surface area contributed by atoms with Crippen LogP contribution in [-0.2, 0) is 4.79 Å². The van der Waals surface area contributed by atoms with Crippen molar-refractivity contribution < 1.29 is 32.6 Å². The molecular formula is C26H25F3N6O4S. The Morgan fingerprint density at radius 1 is 1.20 bits per heavy atom. The molecule has 0 amide bonds. The largest absolute Gasteiger partial charge is 0.490 e. The van der Waals surface area contributed by atoms with Gasteiger partial charge in [0.25, 0.3) is 0 Å². The molecule has 1 aromatic carbocycles. The van der Waals surface area contributed by atoms with E-state index in [4.69, 9.17) is 20.1 Å². The first-order valence-electron chi connectivity index (χ1n) is 12.3. The van der Waals surface area contributed by atoms with E-state index >= 15 is 0 Å². The lowest BCUT2D eigenvalue weighted by molar-refractivity contribution is -0.192. The van der Waals surface area contributed by atoms with Crippen LogP contribution in [0.1, 0.15) is 31.7 Å². The Hall–Kier alpha value is -4.17. The number of carbonyl (C=O) groups is 1. The highest BCUT2D eigenvalue weighted by Gasteiger charge is 2.38. The number of thiazole rings is 1. The Bertz CT molecular complexity index is 1670. The maximum absolute atomic E-state index is 10.6. The maximum Gasteiger partial charge on any atom is 0.490 e. The van der Waals surface area contributed by atoms with Crippen LogP contribution in [0.15, 0.2) is 47.3 Å². The molecule has 0 unspecified atom stereocenters. The number of pyridine rings is 1. The summed E-state index contributed by atoms with van der Waals surface area (Å²) in [7, 11) is 1.87. The minimum atomic E-state index is -5.08. The van der Waals surface area contributed by atoms with E-state index in [0.29, 0.717) is 17.4 Å². The van der Waals surface area contributed by atoms with Gasteiger partial charge in [0.05, 0.1) is 28.6 Å². The molecule has 40 heavy (non-hydrogen) atoms. The van der Waals surface area contributed by atoms with Crippen molar-refractivity contribution in [3.63, 3.8) is 0 Å². The van der Waals surface area contributed by atoms with E-state index in [0.717, 1.165) is 68.9 Å². The highest BCUT2D eigenvalue weighted by molar-refractivity contribution is 7.22. The van der Waals surface area contributed by atoms with E-state index in [1.165, 1.54) is 0 Å². The third kappa shape index (κ3) is 5.45. The molecule has 1 saturated carbocycles. The number of alkyl halides is 3. The lowest BCUT2D eigenvalue weighted by Crippen LogP contribution is -2.21. The van der Waals surface area contributed by atoms with E-state index in [2.05, 4.69) is 26.6 Å². The van der Waals surface area contributed by atoms with Gasteiger partial charge in [-0.1, -0.05) is 17.4 Å². The van der Waals surface area contributed by atoms with Crippen LogP contribution in [0.4, 0.5) is 24.1 Å². The summed E-state index contributed by atoms with van der Waals surface area (Å²) in [6.07, 6.45) is 3.94. The van der Waals surface area contributed by atoms with Crippen molar-refractivity contribution in [2.24, 2.45) is 0 Å². The lowest BCUT2D eigenvalue weighted by Gasteiger charge is -2.25. The van der Waals surface area contributed by atoms with Gasteiger partial charge >= 0.3 is 12.1 Å². The first-order chi connectivity index (χ1) is 19.0. The molecule has 1 aliphatic rings. The molecule has 210 valence electrons. The lowest BCUT2D eigenvalue weighted by atomic mass is 9.93. The number of hydrogen-bond acceptors (Lipinski definition) is 9. The summed E-state index contributed by atoms with van der Waals surface area (Å²) < 4.78 is 41.1. The van der Waals surface area contributed by atoms with Crippen LogP contribution < -0.4 is 11.1 Å². The number of carboxylic acids is 1. The van der Waals surface area contributed by atoms with Crippen molar-refractivity contribution in [2.75, 3.05) is 18.1 Å². The van der Waals surface area contributed by atoms with Crippen LogP contribution in [-0.4, -0.2) is 55.3 Å². The number of aliphatic hydroxyl groups is 1. The number of halogens is 3. The predicted octanol–water partition coefficient (Wildman–Crippen LogP) is 5.70. The zero-order valence-electron chi connectivity index (χ0n) is 21.1. The molecule has 4 aromatic heterocycles. The number of aromatic nitrogens is 4. The monoisotopic (exact) mass is 574 g/mol. The molecule has 1 fully saturated rings. The Balaban J connectivity index is 0.000000411. The standard InChI is InChI=1S/C24H24N6O2S.C2HF3O2/c1-26-24-29-19-4-2-3-16(22(19)33-24)20-9-17-18(11-27-23(25)21(17)32-20)13-10-28-30(12-13)14-5-7-15(31)8-6-14;3-2(4,5)1(6)7/h2-4,9-12,14-15,31H,5-8H2,1H3,(H2,25,27)(H,26,29);(H,6,7)/t14-,15-;. The van der Waals surface area contributed by atoms with Gasteiger partial charge in [-0.25, -0.2) is 14.8 Å². The number of nitrogens with zero attached hydrogens (tertiary/aromatic N) is 4. The average Bonchev–Trinajstić information content (AvgIpc) is 3.67. The molecular weight excluding hydrogens is 549 g/mol. The van der Waals surface area contributed by atoms with E-state index < -0.39 is 12.1 Å². The van der Waals surface area contributed by atoms with Gasteiger partial charge in [-0.2, -0.15) is 18.3 Å². The third-order valence-electron chi connectivity index (χ3n) is 6.68. The number of nitrogens with two attached hydrogens (primary N) is 1. The fraction of sp³-hybridized carbons (Fsp3) is 0.308. The van der Waals surface area contributed by atoms with Gasteiger partial charge in [-0.3, -0.25) is 4.68 Å². The first kappa shape index (κ1) is 27.4. The minimum absolute atomic E-state index is 0.186. The number of benzene rings is 1. The molecule has 1 aliphatic carbocycles. The third-order valence-corrected chi connectivity index (χ3v) is 7.80. The highest BCUT2D eigenvalue weighted by Crippen LogP contribution is 2.41. The van der Waals surface area contributed by atoms with Gasteiger partial charge in [0.15, 0.2) is 16.5 Å². The van der Waals surface area contributed by atoms with Crippen LogP contribution >= 0.6 is 11.3 Å². The summed E-state index contributed by atoms with van der Waals surface area (Å²) in [5, 5.41) is 26.4. The van der Waals surface area contributed by atoms with E-state index in [1.807, 2.05) is 42.2 Å². The average molecular weight is 575 g/mol. The summed E-state index contributed by atoms with van der Waals surface area (Å²) in [5.41, 5.74) is 10.6. The smallest absolute Gasteiger partial charge is 0.475 e. The number of nitrogens with one attached hydrogen (secondary N) is 1. The van der Waals surface area contributed by atoms with Crippen LogP contribution in [0.5, 0.6) is 0 Å². The molecule has 6 rings (SSSR count). The SMILES string of the molecule is CNc1nc2cccc(-c3cc4c(-c5cnn([C@H]6CC[C@H](O)CC6)c5)cnc(N)c4o3)c2s1.O=C(O)C(F)(F)F. The fourth-order valence-electron chi connectivity index (χ4n) is 4.66. The Kier molecular flexibility index (Phi) is 7.38. The van der Waals surface area contributed by atoms with Crippen molar-refractivity contribution >= 4 is 49.4 Å². The molecule has 4 heterocycles. The molecule has 0 aliphatic heterocycles. The quantitative estimate of drug-likeness (QED) is 0.212. The number of aliphatic hydroxyl groups excluding tert-OH is 1. The zero-order valence-corrected chi connectivity index (χ0v) is 22.0. The van der Waals surface area contributed by atoms with Crippen LogP contribution in [0.2, 0.25) is 0 Å². The number of furan rings is 1. The zero-order chi connectivity index (χ0) is 28.6. The second kappa shape index (κ2) is 10.8. The van der Waals surface area contributed by atoms with Gasteiger partial charge in [-0.15, -0.1) is 0 Å². The van der Waals surface area contributed by atoms with Crippen molar-refractivity contribution in [1.82, 2.24) is 19.7 Å². The van der Waals surface area contributed by atoms with Gasteiger partial charge in [-0.05, 0) is 43.9 Å². The molecule has 0 spiro atoms. The summed E-state index contributed by atoms with van der Waals surface area (Å²) in [4.78, 5) is 17.9. The van der Waals surface area contributed by atoms with Crippen molar-refractivity contribution in [2.45, 2.75) is 44.0 Å². The molecule has 0 atom stereocenters. The van der Waals surface area contributed by atoms with E-state index in [-0.39, 0.29) is 6.10 Å². The van der Waals surface area contributed by atoms with Crippen LogP contribution in [0.3, 0.4) is 0 Å². The molecule has 5 aromatic rings. The predicted molar refractivity (Wildman–Crippen MR) is 145 cm³/mol. The number of hydrogen-bond donors (Lipinski definition) is 4. The molecule has 14 heteroatoms. The molecule has 0 bridgehead atoms. The van der Waals surface area contributed by atoms with E-state index in [1.54, 1.807) is 17.5 Å². The van der Waals surface area contributed by atoms with Gasteiger partial charge < -0.3 is 25.7 Å². The number of anilines is 2.